The lowest BCUT2D eigenvalue weighted by Crippen LogP contribution is -2.15. The molecular weight excluding hydrogens is 266 g/mol. The van der Waals surface area contributed by atoms with Gasteiger partial charge in [-0.05, 0) is 30.2 Å². The second-order valence-electron chi connectivity index (χ2n) is 4.53. The molecule has 0 aliphatic carbocycles. The van der Waals surface area contributed by atoms with Gasteiger partial charge in [-0.2, -0.15) is 0 Å². The zero-order chi connectivity index (χ0) is 15.1. The van der Waals surface area contributed by atoms with Gasteiger partial charge in [0.1, 0.15) is 5.69 Å². The van der Waals surface area contributed by atoms with Crippen LogP contribution in [0, 0.1) is 0 Å². The van der Waals surface area contributed by atoms with Crippen LogP contribution in [0.5, 0.6) is 0 Å². The molecule has 0 saturated heterocycles. The van der Waals surface area contributed by atoms with Crippen molar-refractivity contribution in [3.8, 4) is 0 Å². The molecule has 5 nitrogen and oxygen atoms in total. The van der Waals surface area contributed by atoms with Gasteiger partial charge in [0.15, 0.2) is 0 Å². The molecule has 1 heterocycles. The molecule has 1 amide bonds. The van der Waals surface area contributed by atoms with Crippen LogP contribution in [0.3, 0.4) is 0 Å². The lowest BCUT2D eigenvalue weighted by molar-refractivity contribution is 0.102. The fourth-order valence-electron chi connectivity index (χ4n) is 1.97. The Kier molecular flexibility index (Phi) is 5.29. The standard InChI is InChI=1S/C16H19N3O2/c1-17-13-7-9-18-15(11-13)16(20)19-14-6-4-3-5-12(14)8-10-21-2/h3-7,9,11H,8,10H2,1-2H3,(H,17,18)(H,19,20). The summed E-state index contributed by atoms with van der Waals surface area (Å²) in [6.45, 7) is 0.611. The molecule has 21 heavy (non-hydrogen) atoms. The Morgan fingerprint density at radius 2 is 2.10 bits per heavy atom. The summed E-state index contributed by atoms with van der Waals surface area (Å²) in [5.74, 6) is -0.225. The monoisotopic (exact) mass is 285 g/mol. The summed E-state index contributed by atoms with van der Waals surface area (Å²) >= 11 is 0. The Labute approximate surface area is 124 Å². The van der Waals surface area contributed by atoms with Crippen molar-refractivity contribution in [3.63, 3.8) is 0 Å². The first-order valence-electron chi connectivity index (χ1n) is 6.76. The number of pyridine rings is 1. The number of rotatable bonds is 6. The van der Waals surface area contributed by atoms with Crippen molar-refractivity contribution >= 4 is 17.3 Å². The lowest BCUT2D eigenvalue weighted by Gasteiger charge is -2.11. The molecule has 0 spiro atoms. The minimum absolute atomic E-state index is 0.225. The number of nitrogens with one attached hydrogen (secondary N) is 2. The highest BCUT2D eigenvalue weighted by Crippen LogP contribution is 2.17. The zero-order valence-corrected chi connectivity index (χ0v) is 12.2. The molecule has 0 saturated carbocycles. The van der Waals surface area contributed by atoms with Crippen molar-refractivity contribution in [2.45, 2.75) is 6.42 Å². The molecule has 2 aromatic rings. The smallest absolute Gasteiger partial charge is 0.274 e. The summed E-state index contributed by atoms with van der Waals surface area (Å²) in [7, 11) is 3.46. The van der Waals surface area contributed by atoms with E-state index in [0.29, 0.717) is 12.3 Å². The average molecular weight is 285 g/mol. The van der Waals surface area contributed by atoms with E-state index < -0.39 is 0 Å². The number of amides is 1. The van der Waals surface area contributed by atoms with Gasteiger partial charge < -0.3 is 15.4 Å². The van der Waals surface area contributed by atoms with Gasteiger partial charge >= 0.3 is 0 Å². The van der Waals surface area contributed by atoms with Crippen molar-refractivity contribution in [2.75, 3.05) is 31.4 Å². The van der Waals surface area contributed by atoms with Crippen LogP contribution in [-0.4, -0.2) is 31.7 Å². The Morgan fingerprint density at radius 1 is 1.29 bits per heavy atom. The number of hydrogen-bond donors (Lipinski definition) is 2. The van der Waals surface area contributed by atoms with Gasteiger partial charge in [-0.3, -0.25) is 9.78 Å². The van der Waals surface area contributed by atoms with Crippen LogP contribution in [0.2, 0.25) is 0 Å². The normalized spacial score (nSPS) is 10.2. The van der Waals surface area contributed by atoms with E-state index >= 15 is 0 Å². The first-order chi connectivity index (χ1) is 10.2. The summed E-state index contributed by atoms with van der Waals surface area (Å²) in [5, 5.41) is 5.89. The Balaban J connectivity index is 2.15. The predicted octanol–water partition coefficient (Wildman–Crippen LogP) is 2.56. The third-order valence-corrected chi connectivity index (χ3v) is 3.12. The van der Waals surface area contributed by atoms with Crippen LogP contribution >= 0.6 is 0 Å². The Morgan fingerprint density at radius 3 is 2.86 bits per heavy atom. The zero-order valence-electron chi connectivity index (χ0n) is 12.2. The molecule has 1 aromatic heterocycles. The molecule has 0 aliphatic heterocycles. The third kappa shape index (κ3) is 4.03. The molecular formula is C16H19N3O2. The number of aromatic nitrogens is 1. The number of hydrogen-bond acceptors (Lipinski definition) is 4. The number of carbonyl (C=O) groups excluding carboxylic acids is 1. The number of nitrogens with zero attached hydrogens (tertiary/aromatic N) is 1. The fraction of sp³-hybridized carbons (Fsp3) is 0.250. The van der Waals surface area contributed by atoms with Crippen molar-refractivity contribution in [3.05, 3.63) is 53.9 Å². The van der Waals surface area contributed by atoms with Gasteiger partial charge in [0.25, 0.3) is 5.91 Å². The van der Waals surface area contributed by atoms with E-state index in [1.54, 1.807) is 26.4 Å². The van der Waals surface area contributed by atoms with Gasteiger partial charge in [0.2, 0.25) is 0 Å². The first kappa shape index (κ1) is 15.0. The molecule has 0 atom stereocenters. The van der Waals surface area contributed by atoms with Gasteiger partial charge in [0, 0.05) is 31.7 Å². The number of carbonyl (C=O) groups is 1. The molecule has 0 fully saturated rings. The highest BCUT2D eigenvalue weighted by Gasteiger charge is 2.10. The van der Waals surface area contributed by atoms with Crippen molar-refractivity contribution in [2.24, 2.45) is 0 Å². The number of ether oxygens (including phenoxy) is 1. The molecule has 0 bridgehead atoms. The largest absolute Gasteiger partial charge is 0.388 e. The van der Waals surface area contributed by atoms with Crippen LogP contribution in [0.4, 0.5) is 11.4 Å². The number of para-hydroxylation sites is 1. The number of anilines is 2. The van der Waals surface area contributed by atoms with E-state index in [-0.39, 0.29) is 5.91 Å². The number of methoxy groups -OCH3 is 1. The molecule has 0 unspecified atom stereocenters. The molecule has 5 heteroatoms. The van der Waals surface area contributed by atoms with E-state index in [1.165, 1.54) is 0 Å². The van der Waals surface area contributed by atoms with Crippen LogP contribution in [0.25, 0.3) is 0 Å². The second kappa shape index (κ2) is 7.40. The van der Waals surface area contributed by atoms with Gasteiger partial charge in [-0.15, -0.1) is 0 Å². The van der Waals surface area contributed by atoms with Gasteiger partial charge in [-0.25, -0.2) is 0 Å². The first-order valence-corrected chi connectivity index (χ1v) is 6.76. The molecule has 2 N–H and O–H groups in total. The summed E-state index contributed by atoms with van der Waals surface area (Å²) in [5.41, 5.74) is 3.06. The summed E-state index contributed by atoms with van der Waals surface area (Å²) in [6.07, 6.45) is 2.36. The summed E-state index contributed by atoms with van der Waals surface area (Å²) < 4.78 is 5.09. The lowest BCUT2D eigenvalue weighted by atomic mass is 10.1. The highest BCUT2D eigenvalue weighted by atomic mass is 16.5. The van der Waals surface area contributed by atoms with E-state index in [9.17, 15) is 4.79 Å². The maximum atomic E-state index is 12.3. The van der Waals surface area contributed by atoms with Crippen molar-refractivity contribution in [1.82, 2.24) is 4.98 Å². The van der Waals surface area contributed by atoms with Crippen LogP contribution < -0.4 is 10.6 Å². The minimum Gasteiger partial charge on any atom is -0.388 e. The molecule has 0 radical (unpaired) electrons. The predicted molar refractivity (Wildman–Crippen MR) is 83.8 cm³/mol. The van der Waals surface area contributed by atoms with Crippen LogP contribution in [-0.2, 0) is 11.2 Å². The Bertz CT molecular complexity index is 614. The van der Waals surface area contributed by atoms with Gasteiger partial charge in [0.05, 0.1) is 6.61 Å². The Hall–Kier alpha value is -2.40. The van der Waals surface area contributed by atoms with Crippen molar-refractivity contribution in [1.29, 1.82) is 0 Å². The molecule has 110 valence electrons. The highest BCUT2D eigenvalue weighted by molar-refractivity contribution is 6.03. The number of benzene rings is 1. The molecule has 0 aliphatic rings. The topological polar surface area (TPSA) is 63.2 Å². The van der Waals surface area contributed by atoms with E-state index in [1.807, 2.05) is 30.3 Å². The van der Waals surface area contributed by atoms with E-state index in [4.69, 9.17) is 4.74 Å². The quantitative estimate of drug-likeness (QED) is 0.856. The second-order valence-corrected chi connectivity index (χ2v) is 4.53. The van der Waals surface area contributed by atoms with E-state index in [2.05, 4.69) is 15.6 Å². The average Bonchev–Trinajstić information content (AvgIpc) is 2.54. The summed E-state index contributed by atoms with van der Waals surface area (Å²) in [6, 6.07) is 11.2. The maximum Gasteiger partial charge on any atom is 0.274 e. The third-order valence-electron chi connectivity index (χ3n) is 3.12. The van der Waals surface area contributed by atoms with Gasteiger partial charge in [-0.1, -0.05) is 18.2 Å². The SMILES string of the molecule is CNc1ccnc(C(=O)Nc2ccccc2CCOC)c1. The molecule has 1 aromatic carbocycles. The van der Waals surface area contributed by atoms with E-state index in [0.717, 1.165) is 23.4 Å². The minimum atomic E-state index is -0.225. The van der Waals surface area contributed by atoms with Crippen LogP contribution in [0.15, 0.2) is 42.6 Å². The fourth-order valence-corrected chi connectivity index (χ4v) is 1.97. The maximum absolute atomic E-state index is 12.3. The summed E-state index contributed by atoms with van der Waals surface area (Å²) in [4.78, 5) is 16.4. The van der Waals surface area contributed by atoms with Crippen LogP contribution in [0.1, 0.15) is 16.1 Å². The van der Waals surface area contributed by atoms with Crippen molar-refractivity contribution < 1.29 is 9.53 Å². The molecule has 2 rings (SSSR count).